The highest BCUT2D eigenvalue weighted by Crippen LogP contribution is 2.28. The highest BCUT2D eigenvalue weighted by atomic mass is 32.1. The predicted molar refractivity (Wildman–Crippen MR) is 61.1 cm³/mol. The lowest BCUT2D eigenvalue weighted by Gasteiger charge is -2.19. The number of rotatable bonds is 4. The Kier molecular flexibility index (Phi) is 3.40. The maximum atomic E-state index is 10.9. The van der Waals surface area contributed by atoms with Gasteiger partial charge in [0.15, 0.2) is 5.69 Å². The number of carbonyl (C=O) groups is 1. The van der Waals surface area contributed by atoms with Crippen molar-refractivity contribution in [2.45, 2.75) is 31.4 Å². The van der Waals surface area contributed by atoms with Crippen molar-refractivity contribution in [2.24, 2.45) is 0 Å². The standard InChI is InChI=1S/C10H14N2O3S/c1-15-7-4-2-3-6(7)12-9-8(10(13)14)11-5-16-9/h5-7,12H,2-4H2,1H3,(H,13,14). The number of thiazole rings is 1. The summed E-state index contributed by atoms with van der Waals surface area (Å²) >= 11 is 1.32. The van der Waals surface area contributed by atoms with Gasteiger partial charge in [-0.2, -0.15) is 0 Å². The largest absolute Gasteiger partial charge is 0.476 e. The molecule has 0 saturated heterocycles. The Morgan fingerprint density at radius 1 is 1.69 bits per heavy atom. The third-order valence-electron chi connectivity index (χ3n) is 2.84. The molecular weight excluding hydrogens is 228 g/mol. The van der Waals surface area contributed by atoms with Crippen LogP contribution in [-0.4, -0.2) is 35.3 Å². The average Bonchev–Trinajstić information content (AvgIpc) is 2.86. The smallest absolute Gasteiger partial charge is 0.357 e. The van der Waals surface area contributed by atoms with Crippen LogP contribution in [0.25, 0.3) is 0 Å². The highest BCUT2D eigenvalue weighted by molar-refractivity contribution is 7.14. The summed E-state index contributed by atoms with van der Waals surface area (Å²) < 4.78 is 5.35. The topological polar surface area (TPSA) is 71.5 Å². The van der Waals surface area contributed by atoms with Crippen LogP contribution in [0, 0.1) is 0 Å². The van der Waals surface area contributed by atoms with Crippen molar-refractivity contribution in [3.05, 3.63) is 11.2 Å². The zero-order valence-corrected chi connectivity index (χ0v) is 9.79. The molecule has 2 rings (SSSR count). The number of methoxy groups -OCH3 is 1. The first-order chi connectivity index (χ1) is 7.72. The van der Waals surface area contributed by atoms with Gasteiger partial charge in [0.1, 0.15) is 5.00 Å². The highest BCUT2D eigenvalue weighted by Gasteiger charge is 2.28. The van der Waals surface area contributed by atoms with Gasteiger partial charge < -0.3 is 15.2 Å². The fourth-order valence-electron chi connectivity index (χ4n) is 2.04. The van der Waals surface area contributed by atoms with Crippen LogP contribution in [0.3, 0.4) is 0 Å². The van der Waals surface area contributed by atoms with E-state index in [1.807, 2.05) is 0 Å². The summed E-state index contributed by atoms with van der Waals surface area (Å²) in [5.74, 6) is -0.990. The molecule has 5 nitrogen and oxygen atoms in total. The quantitative estimate of drug-likeness (QED) is 0.842. The number of carboxylic acids is 1. The van der Waals surface area contributed by atoms with Crippen LogP contribution in [0.1, 0.15) is 29.8 Å². The third kappa shape index (κ3) is 2.17. The molecule has 0 radical (unpaired) electrons. The first-order valence-electron chi connectivity index (χ1n) is 5.18. The minimum Gasteiger partial charge on any atom is -0.476 e. The fourth-order valence-corrected chi connectivity index (χ4v) is 2.78. The molecule has 0 amide bonds. The van der Waals surface area contributed by atoms with E-state index in [1.165, 1.54) is 11.3 Å². The Labute approximate surface area is 97.5 Å². The lowest BCUT2D eigenvalue weighted by molar-refractivity contribution is 0.0691. The first-order valence-corrected chi connectivity index (χ1v) is 6.06. The Hall–Kier alpha value is -1.14. The second-order valence-electron chi connectivity index (χ2n) is 3.79. The van der Waals surface area contributed by atoms with Gasteiger partial charge in [0.05, 0.1) is 17.7 Å². The van der Waals surface area contributed by atoms with Crippen molar-refractivity contribution in [1.82, 2.24) is 4.98 Å². The normalized spacial score (nSPS) is 24.6. The molecule has 16 heavy (non-hydrogen) atoms. The summed E-state index contributed by atoms with van der Waals surface area (Å²) in [4.78, 5) is 14.7. The van der Waals surface area contributed by atoms with Gasteiger partial charge in [0.2, 0.25) is 0 Å². The van der Waals surface area contributed by atoms with Crippen molar-refractivity contribution in [2.75, 3.05) is 12.4 Å². The molecular formula is C10H14N2O3S. The van der Waals surface area contributed by atoms with Crippen molar-refractivity contribution >= 4 is 22.3 Å². The number of nitrogens with zero attached hydrogens (tertiary/aromatic N) is 1. The summed E-state index contributed by atoms with van der Waals surface area (Å²) in [6.07, 6.45) is 3.31. The predicted octanol–water partition coefficient (Wildman–Crippen LogP) is 1.82. The molecule has 0 aromatic carbocycles. The van der Waals surface area contributed by atoms with Gasteiger partial charge in [-0.05, 0) is 19.3 Å². The summed E-state index contributed by atoms with van der Waals surface area (Å²) in [6.45, 7) is 0. The third-order valence-corrected chi connectivity index (χ3v) is 3.60. The second-order valence-corrected chi connectivity index (χ2v) is 4.65. The maximum Gasteiger partial charge on any atom is 0.357 e. The molecule has 0 bridgehead atoms. The summed E-state index contributed by atoms with van der Waals surface area (Å²) in [5.41, 5.74) is 1.65. The zero-order chi connectivity index (χ0) is 11.5. The lowest BCUT2D eigenvalue weighted by Crippen LogP contribution is -2.29. The SMILES string of the molecule is COC1CCCC1Nc1scnc1C(=O)O. The van der Waals surface area contributed by atoms with E-state index >= 15 is 0 Å². The molecule has 1 aliphatic carbocycles. The number of hydrogen-bond donors (Lipinski definition) is 2. The number of aromatic nitrogens is 1. The van der Waals surface area contributed by atoms with Crippen molar-refractivity contribution in [3.8, 4) is 0 Å². The van der Waals surface area contributed by atoms with E-state index in [-0.39, 0.29) is 17.8 Å². The number of aromatic carboxylic acids is 1. The lowest BCUT2D eigenvalue weighted by atomic mass is 10.2. The summed E-state index contributed by atoms with van der Waals surface area (Å²) in [6, 6.07) is 0.198. The number of ether oxygens (including phenoxy) is 1. The van der Waals surface area contributed by atoms with Gasteiger partial charge in [-0.3, -0.25) is 0 Å². The molecule has 1 aromatic heterocycles. The number of hydrogen-bond acceptors (Lipinski definition) is 5. The van der Waals surface area contributed by atoms with E-state index in [9.17, 15) is 4.79 Å². The van der Waals surface area contributed by atoms with Crippen LogP contribution in [-0.2, 0) is 4.74 Å². The van der Waals surface area contributed by atoms with Gasteiger partial charge >= 0.3 is 5.97 Å². The number of anilines is 1. The van der Waals surface area contributed by atoms with Crippen LogP contribution >= 0.6 is 11.3 Å². The van der Waals surface area contributed by atoms with E-state index in [0.717, 1.165) is 19.3 Å². The Morgan fingerprint density at radius 2 is 2.50 bits per heavy atom. The van der Waals surface area contributed by atoms with Crippen molar-refractivity contribution in [1.29, 1.82) is 0 Å². The van der Waals surface area contributed by atoms with Crippen molar-refractivity contribution in [3.63, 3.8) is 0 Å². The molecule has 1 aromatic rings. The monoisotopic (exact) mass is 242 g/mol. The molecule has 0 spiro atoms. The minimum atomic E-state index is -0.990. The molecule has 1 fully saturated rings. The van der Waals surface area contributed by atoms with Crippen LogP contribution in [0.15, 0.2) is 5.51 Å². The molecule has 2 unspecified atom stereocenters. The number of nitrogens with one attached hydrogen (secondary N) is 1. The molecule has 1 heterocycles. The first kappa shape index (κ1) is 11.3. The summed E-state index contributed by atoms with van der Waals surface area (Å²) in [7, 11) is 1.69. The van der Waals surface area contributed by atoms with Crippen LogP contribution < -0.4 is 5.32 Å². The second kappa shape index (κ2) is 4.80. The van der Waals surface area contributed by atoms with Gasteiger partial charge in [-0.1, -0.05) is 0 Å². The molecule has 6 heteroatoms. The summed E-state index contributed by atoms with van der Waals surface area (Å²) in [5, 5.41) is 12.8. The molecule has 88 valence electrons. The van der Waals surface area contributed by atoms with E-state index in [1.54, 1.807) is 12.6 Å². The van der Waals surface area contributed by atoms with Gasteiger partial charge in [0, 0.05) is 7.11 Å². The average molecular weight is 242 g/mol. The van der Waals surface area contributed by atoms with E-state index in [4.69, 9.17) is 9.84 Å². The van der Waals surface area contributed by atoms with Gasteiger partial charge in [0.25, 0.3) is 0 Å². The van der Waals surface area contributed by atoms with Crippen LogP contribution in [0.2, 0.25) is 0 Å². The molecule has 1 aliphatic rings. The van der Waals surface area contributed by atoms with Crippen LogP contribution in [0.5, 0.6) is 0 Å². The molecule has 2 atom stereocenters. The molecule has 2 N–H and O–H groups in total. The fraction of sp³-hybridized carbons (Fsp3) is 0.600. The minimum absolute atomic E-state index is 0.103. The van der Waals surface area contributed by atoms with E-state index < -0.39 is 5.97 Å². The van der Waals surface area contributed by atoms with Gasteiger partial charge in [-0.25, -0.2) is 9.78 Å². The Balaban J connectivity index is 2.08. The Morgan fingerprint density at radius 3 is 3.19 bits per heavy atom. The molecule has 0 aliphatic heterocycles. The van der Waals surface area contributed by atoms with Crippen molar-refractivity contribution < 1.29 is 14.6 Å². The van der Waals surface area contributed by atoms with E-state index in [0.29, 0.717) is 5.00 Å². The Bertz CT molecular complexity index is 380. The number of carboxylic acid groups (broad SMARTS) is 1. The molecule has 1 saturated carbocycles. The van der Waals surface area contributed by atoms with Gasteiger partial charge in [-0.15, -0.1) is 11.3 Å². The van der Waals surface area contributed by atoms with E-state index in [2.05, 4.69) is 10.3 Å². The van der Waals surface area contributed by atoms with Crippen LogP contribution in [0.4, 0.5) is 5.00 Å². The zero-order valence-electron chi connectivity index (χ0n) is 8.97. The maximum absolute atomic E-state index is 10.9.